The van der Waals surface area contributed by atoms with Crippen LogP contribution in [0.5, 0.6) is 5.75 Å². The number of ether oxygens (including phenoxy) is 2. The third-order valence-electron chi connectivity index (χ3n) is 5.36. The van der Waals surface area contributed by atoms with Crippen molar-refractivity contribution in [1.82, 2.24) is 5.32 Å². The second-order valence-corrected chi connectivity index (χ2v) is 10.7. The summed E-state index contributed by atoms with van der Waals surface area (Å²) in [5, 5.41) is 5.39. The summed E-state index contributed by atoms with van der Waals surface area (Å²) >= 11 is 3.32. The van der Waals surface area contributed by atoms with E-state index in [0.29, 0.717) is 29.1 Å². The van der Waals surface area contributed by atoms with Gasteiger partial charge in [-0.25, -0.2) is 8.42 Å². The Labute approximate surface area is 225 Å². The number of nitrogens with zero attached hydrogens (tertiary/aromatic N) is 1. The smallest absolute Gasteiger partial charge is 0.264 e. The van der Waals surface area contributed by atoms with Crippen LogP contribution in [-0.4, -0.2) is 54.1 Å². The molecule has 0 aromatic heterocycles. The molecule has 0 saturated heterocycles. The van der Waals surface area contributed by atoms with Crippen LogP contribution in [0.25, 0.3) is 0 Å². The van der Waals surface area contributed by atoms with Gasteiger partial charge in [-0.3, -0.25) is 13.9 Å². The molecule has 0 aliphatic rings. The fourth-order valence-corrected chi connectivity index (χ4v) is 5.57. The number of aryl methyl sites for hydroxylation is 1. The number of rotatable bonds is 11. The fourth-order valence-electron chi connectivity index (χ4n) is 3.43. The predicted octanol–water partition coefficient (Wildman–Crippen LogP) is 3.98. The quantitative estimate of drug-likeness (QED) is 0.327. The first-order valence-electron chi connectivity index (χ1n) is 11.3. The van der Waals surface area contributed by atoms with Crippen molar-refractivity contribution in [1.29, 1.82) is 0 Å². The topological polar surface area (TPSA) is 114 Å². The van der Waals surface area contributed by atoms with E-state index in [0.717, 1.165) is 9.87 Å². The molecule has 0 aliphatic carbocycles. The van der Waals surface area contributed by atoms with Crippen LogP contribution in [0, 0.1) is 6.92 Å². The van der Waals surface area contributed by atoms with Crippen LogP contribution in [0.3, 0.4) is 0 Å². The molecule has 0 heterocycles. The number of anilines is 2. The lowest BCUT2D eigenvalue weighted by Gasteiger charge is -2.25. The molecule has 0 unspecified atom stereocenters. The summed E-state index contributed by atoms with van der Waals surface area (Å²) in [5.41, 5.74) is 1.76. The van der Waals surface area contributed by atoms with E-state index in [-0.39, 0.29) is 22.1 Å². The largest absolute Gasteiger partial charge is 0.496 e. The summed E-state index contributed by atoms with van der Waals surface area (Å²) in [6.45, 7) is 2.00. The lowest BCUT2D eigenvalue weighted by Crippen LogP contribution is -2.38. The number of carbonyl (C=O) groups excluding carboxylic acids is 2. The molecule has 0 fully saturated rings. The maximum atomic E-state index is 13.7. The van der Waals surface area contributed by atoms with Crippen LogP contribution in [0.2, 0.25) is 0 Å². The first kappa shape index (κ1) is 28.2. The van der Waals surface area contributed by atoms with Gasteiger partial charge in [-0.2, -0.15) is 0 Å². The van der Waals surface area contributed by atoms with Crippen molar-refractivity contribution in [2.45, 2.75) is 11.8 Å². The highest BCUT2D eigenvalue weighted by Gasteiger charge is 2.28. The van der Waals surface area contributed by atoms with E-state index in [9.17, 15) is 18.0 Å². The predicted molar refractivity (Wildman–Crippen MR) is 146 cm³/mol. The summed E-state index contributed by atoms with van der Waals surface area (Å²) in [6.07, 6.45) is 0. The Hall–Kier alpha value is -3.41. The molecule has 0 aliphatic heterocycles. The van der Waals surface area contributed by atoms with Crippen LogP contribution in [0.15, 0.2) is 76.1 Å². The highest BCUT2D eigenvalue weighted by molar-refractivity contribution is 9.10. The number of amides is 2. The van der Waals surface area contributed by atoms with Crippen LogP contribution < -0.4 is 19.7 Å². The summed E-state index contributed by atoms with van der Waals surface area (Å²) in [6, 6.07) is 17.7. The van der Waals surface area contributed by atoms with E-state index in [4.69, 9.17) is 9.47 Å². The van der Waals surface area contributed by atoms with Gasteiger partial charge in [0, 0.05) is 13.7 Å². The fraction of sp³-hybridized carbons (Fsp3) is 0.231. The van der Waals surface area contributed by atoms with Gasteiger partial charge in [0.05, 0.1) is 40.0 Å². The van der Waals surface area contributed by atoms with Crippen molar-refractivity contribution in [3.8, 4) is 5.75 Å². The Bertz CT molecular complexity index is 1360. The van der Waals surface area contributed by atoms with Crippen molar-refractivity contribution in [3.05, 3.63) is 82.3 Å². The number of sulfonamides is 1. The number of nitrogens with one attached hydrogen (secondary N) is 2. The zero-order valence-electron chi connectivity index (χ0n) is 20.7. The summed E-state index contributed by atoms with van der Waals surface area (Å²) in [5.74, 6) is -0.535. The van der Waals surface area contributed by atoms with Gasteiger partial charge in [0.25, 0.3) is 15.9 Å². The molecule has 0 atom stereocenters. The van der Waals surface area contributed by atoms with Gasteiger partial charge in [0.15, 0.2) is 0 Å². The number of carbonyl (C=O) groups is 2. The maximum Gasteiger partial charge on any atom is 0.264 e. The zero-order valence-corrected chi connectivity index (χ0v) is 23.1. The molecule has 9 nitrogen and oxygen atoms in total. The number of halogens is 1. The molecular weight excluding hydrogens is 562 g/mol. The number of hydrogen-bond donors (Lipinski definition) is 2. The zero-order chi connectivity index (χ0) is 27.0. The average Bonchev–Trinajstić information content (AvgIpc) is 2.88. The molecule has 3 aromatic carbocycles. The van der Waals surface area contributed by atoms with Gasteiger partial charge in [0.2, 0.25) is 5.91 Å². The molecule has 37 heavy (non-hydrogen) atoms. The molecule has 196 valence electrons. The van der Waals surface area contributed by atoms with E-state index in [1.807, 2.05) is 6.92 Å². The van der Waals surface area contributed by atoms with Gasteiger partial charge in [-0.05, 0) is 65.3 Å². The van der Waals surface area contributed by atoms with Crippen molar-refractivity contribution < 1.29 is 27.5 Å². The molecule has 0 bridgehead atoms. The van der Waals surface area contributed by atoms with Crippen LogP contribution >= 0.6 is 15.9 Å². The Balaban J connectivity index is 1.91. The van der Waals surface area contributed by atoms with E-state index in [2.05, 4.69) is 26.6 Å². The Morgan fingerprint density at radius 2 is 1.70 bits per heavy atom. The Morgan fingerprint density at radius 1 is 1.00 bits per heavy atom. The van der Waals surface area contributed by atoms with Crippen LogP contribution in [-0.2, 0) is 19.6 Å². The third-order valence-corrected chi connectivity index (χ3v) is 7.75. The monoisotopic (exact) mass is 589 g/mol. The molecule has 0 saturated carbocycles. The molecular formula is C26H28BrN3O6S. The van der Waals surface area contributed by atoms with E-state index in [1.54, 1.807) is 48.5 Å². The van der Waals surface area contributed by atoms with E-state index < -0.39 is 22.5 Å². The minimum Gasteiger partial charge on any atom is -0.496 e. The minimum atomic E-state index is -4.15. The van der Waals surface area contributed by atoms with Gasteiger partial charge in [-0.15, -0.1) is 0 Å². The lowest BCUT2D eigenvalue weighted by molar-refractivity contribution is -0.114. The average molecular weight is 590 g/mol. The molecule has 0 spiro atoms. The standard InChI is InChI=1S/C26H28BrN3O6S/c1-18-8-10-19(11-9-18)30(37(33,34)20-12-13-24(36-3)22(27)16-20)17-25(31)29-23-7-5-4-6-21(23)26(32)28-14-15-35-2/h4-13,16H,14-15,17H2,1-3H3,(H,28,32)(H,29,31). The van der Waals surface area contributed by atoms with E-state index in [1.165, 1.54) is 32.4 Å². The van der Waals surface area contributed by atoms with Crippen molar-refractivity contribution in [2.75, 3.05) is 43.5 Å². The number of methoxy groups -OCH3 is 2. The molecule has 2 N–H and O–H groups in total. The molecule has 2 amide bonds. The molecule has 11 heteroatoms. The van der Waals surface area contributed by atoms with Crippen LogP contribution in [0.1, 0.15) is 15.9 Å². The number of para-hydroxylation sites is 1. The number of benzene rings is 3. The maximum absolute atomic E-state index is 13.7. The van der Waals surface area contributed by atoms with Gasteiger partial charge < -0.3 is 20.1 Å². The Morgan fingerprint density at radius 3 is 2.35 bits per heavy atom. The summed E-state index contributed by atoms with van der Waals surface area (Å²) in [7, 11) is -1.14. The second-order valence-electron chi connectivity index (χ2n) is 7.99. The van der Waals surface area contributed by atoms with Gasteiger partial charge in [-0.1, -0.05) is 29.8 Å². The Kier molecular flexibility index (Phi) is 9.67. The second kappa shape index (κ2) is 12.7. The summed E-state index contributed by atoms with van der Waals surface area (Å²) in [4.78, 5) is 25.7. The highest BCUT2D eigenvalue weighted by atomic mass is 79.9. The molecule has 0 radical (unpaired) electrons. The molecule has 3 aromatic rings. The lowest BCUT2D eigenvalue weighted by atomic mass is 10.1. The first-order chi connectivity index (χ1) is 17.7. The molecule has 3 rings (SSSR count). The SMILES string of the molecule is COCCNC(=O)c1ccccc1NC(=O)CN(c1ccc(C)cc1)S(=O)(=O)c1ccc(OC)c(Br)c1. The highest BCUT2D eigenvalue weighted by Crippen LogP contribution is 2.31. The van der Waals surface area contributed by atoms with Crippen molar-refractivity contribution in [3.63, 3.8) is 0 Å². The minimum absolute atomic E-state index is 0.0218. The van der Waals surface area contributed by atoms with Gasteiger partial charge >= 0.3 is 0 Å². The normalized spacial score (nSPS) is 11.0. The first-order valence-corrected chi connectivity index (χ1v) is 13.5. The van der Waals surface area contributed by atoms with Crippen LogP contribution in [0.4, 0.5) is 11.4 Å². The summed E-state index contributed by atoms with van der Waals surface area (Å²) < 4.78 is 39.0. The number of hydrogen-bond acceptors (Lipinski definition) is 6. The van der Waals surface area contributed by atoms with Crippen molar-refractivity contribution >= 4 is 49.1 Å². The van der Waals surface area contributed by atoms with E-state index >= 15 is 0 Å². The third kappa shape index (κ3) is 7.09. The van der Waals surface area contributed by atoms with Gasteiger partial charge in [0.1, 0.15) is 12.3 Å². The van der Waals surface area contributed by atoms with Crippen molar-refractivity contribution in [2.24, 2.45) is 0 Å².